The molecular weight excluding hydrogens is 343 g/mol. The van der Waals surface area contributed by atoms with Gasteiger partial charge in [-0.05, 0) is 37.5 Å². The zero-order valence-electron chi connectivity index (χ0n) is 14.3. The minimum Gasteiger partial charge on any atom is -0.337 e. The summed E-state index contributed by atoms with van der Waals surface area (Å²) in [4.78, 5) is 14.4. The zero-order chi connectivity index (χ0) is 18.3. The Morgan fingerprint density at radius 3 is 2.42 bits per heavy atom. The third kappa shape index (κ3) is 3.22. The molecule has 2 aliphatic rings. The van der Waals surface area contributed by atoms with Crippen LogP contribution in [-0.2, 0) is 24.1 Å². The average Bonchev–Trinajstić information content (AvgIpc) is 2.84. The highest BCUT2D eigenvalue weighted by Gasteiger charge is 2.31. The standard InChI is InChI=1S/C19H20F3N3O/c20-19(21,22)15-7-5-13(6-8-15)17-11-16-12-24(9-2-10-25(16)23-17)18(26)14-3-1-4-14/h5-8,11,14H,1-4,9-10,12H2. The molecule has 0 unspecified atom stereocenters. The first kappa shape index (κ1) is 17.1. The summed E-state index contributed by atoms with van der Waals surface area (Å²) in [6.45, 7) is 1.96. The van der Waals surface area contributed by atoms with Gasteiger partial charge in [0.25, 0.3) is 0 Å². The third-order valence-corrected chi connectivity index (χ3v) is 5.29. The molecule has 26 heavy (non-hydrogen) atoms. The number of halogens is 3. The Kier molecular flexibility index (Phi) is 4.25. The van der Waals surface area contributed by atoms with Gasteiger partial charge >= 0.3 is 6.18 Å². The number of alkyl halides is 3. The van der Waals surface area contributed by atoms with Crippen molar-refractivity contribution in [2.45, 2.75) is 44.9 Å². The maximum absolute atomic E-state index is 12.7. The molecule has 4 nitrogen and oxygen atoms in total. The molecule has 1 fully saturated rings. The molecule has 7 heteroatoms. The first-order valence-corrected chi connectivity index (χ1v) is 8.95. The number of rotatable bonds is 2. The van der Waals surface area contributed by atoms with Gasteiger partial charge in [-0.3, -0.25) is 9.48 Å². The van der Waals surface area contributed by atoms with Gasteiger partial charge in [-0.15, -0.1) is 0 Å². The van der Waals surface area contributed by atoms with E-state index in [0.29, 0.717) is 24.3 Å². The van der Waals surface area contributed by atoms with Crippen LogP contribution in [0.5, 0.6) is 0 Å². The third-order valence-electron chi connectivity index (χ3n) is 5.29. The molecule has 138 valence electrons. The molecule has 0 bridgehead atoms. The van der Waals surface area contributed by atoms with Crippen molar-refractivity contribution in [2.75, 3.05) is 6.54 Å². The van der Waals surface area contributed by atoms with Crippen LogP contribution in [0.3, 0.4) is 0 Å². The van der Waals surface area contributed by atoms with Crippen molar-refractivity contribution in [3.8, 4) is 11.3 Å². The lowest BCUT2D eigenvalue weighted by atomic mass is 9.84. The predicted octanol–water partition coefficient (Wildman–Crippen LogP) is 4.10. The molecule has 1 aliphatic carbocycles. The van der Waals surface area contributed by atoms with Gasteiger partial charge in [0.05, 0.1) is 23.5 Å². The Balaban J connectivity index is 1.55. The molecule has 2 heterocycles. The summed E-state index contributed by atoms with van der Waals surface area (Å²) in [5.74, 6) is 0.390. The number of benzene rings is 1. The zero-order valence-corrected chi connectivity index (χ0v) is 14.3. The van der Waals surface area contributed by atoms with Crippen molar-refractivity contribution in [2.24, 2.45) is 5.92 Å². The molecular formula is C19H20F3N3O. The number of hydrogen-bond donors (Lipinski definition) is 0. The summed E-state index contributed by atoms with van der Waals surface area (Å²) in [5, 5.41) is 4.54. The van der Waals surface area contributed by atoms with Gasteiger partial charge in [0, 0.05) is 24.6 Å². The van der Waals surface area contributed by atoms with Crippen molar-refractivity contribution in [3.63, 3.8) is 0 Å². The number of aromatic nitrogens is 2. The van der Waals surface area contributed by atoms with E-state index in [1.807, 2.05) is 15.6 Å². The van der Waals surface area contributed by atoms with Crippen LogP contribution in [0.4, 0.5) is 13.2 Å². The number of aryl methyl sites for hydroxylation is 1. The van der Waals surface area contributed by atoms with Crippen LogP contribution < -0.4 is 0 Å². The number of amides is 1. The van der Waals surface area contributed by atoms with E-state index < -0.39 is 11.7 Å². The van der Waals surface area contributed by atoms with E-state index in [2.05, 4.69) is 5.10 Å². The van der Waals surface area contributed by atoms with Crippen molar-refractivity contribution in [1.29, 1.82) is 0 Å². The van der Waals surface area contributed by atoms with Gasteiger partial charge in [-0.25, -0.2) is 0 Å². The topological polar surface area (TPSA) is 38.1 Å². The van der Waals surface area contributed by atoms with E-state index in [4.69, 9.17) is 0 Å². The molecule has 0 spiro atoms. The molecule has 0 radical (unpaired) electrons. The van der Waals surface area contributed by atoms with Gasteiger partial charge < -0.3 is 4.90 Å². The lowest BCUT2D eigenvalue weighted by molar-refractivity contribution is -0.139. The number of fused-ring (bicyclic) bond motifs is 1. The molecule has 0 saturated heterocycles. The highest BCUT2D eigenvalue weighted by Crippen LogP contribution is 2.32. The maximum atomic E-state index is 12.7. The summed E-state index contributed by atoms with van der Waals surface area (Å²) < 4.78 is 40.0. The summed E-state index contributed by atoms with van der Waals surface area (Å²) >= 11 is 0. The van der Waals surface area contributed by atoms with Crippen LogP contribution in [0, 0.1) is 5.92 Å². The average molecular weight is 363 g/mol. The fourth-order valence-electron chi connectivity index (χ4n) is 3.53. The first-order chi connectivity index (χ1) is 12.4. The minimum absolute atomic E-state index is 0.166. The van der Waals surface area contributed by atoms with Crippen molar-refractivity contribution >= 4 is 5.91 Å². The summed E-state index contributed by atoms with van der Waals surface area (Å²) in [5.41, 5.74) is 1.56. The largest absolute Gasteiger partial charge is 0.416 e. The molecule has 1 aliphatic heterocycles. The molecule has 0 atom stereocenters. The van der Waals surface area contributed by atoms with Gasteiger partial charge in [0.1, 0.15) is 0 Å². The second-order valence-electron chi connectivity index (χ2n) is 7.06. The van der Waals surface area contributed by atoms with E-state index in [-0.39, 0.29) is 11.8 Å². The summed E-state index contributed by atoms with van der Waals surface area (Å²) in [6.07, 6.45) is -0.428. The van der Waals surface area contributed by atoms with Crippen LogP contribution in [0.15, 0.2) is 30.3 Å². The van der Waals surface area contributed by atoms with Crippen molar-refractivity contribution in [1.82, 2.24) is 14.7 Å². The minimum atomic E-state index is -4.34. The Labute approximate surface area is 149 Å². The summed E-state index contributed by atoms with van der Waals surface area (Å²) in [7, 11) is 0. The normalized spacial score (nSPS) is 18.2. The monoisotopic (exact) mass is 363 g/mol. The Hall–Kier alpha value is -2.31. The van der Waals surface area contributed by atoms with Crippen LogP contribution in [0.1, 0.15) is 36.9 Å². The Bertz CT molecular complexity index is 806. The van der Waals surface area contributed by atoms with Crippen LogP contribution in [0.25, 0.3) is 11.3 Å². The van der Waals surface area contributed by atoms with Crippen LogP contribution in [0.2, 0.25) is 0 Å². The summed E-state index contributed by atoms with van der Waals surface area (Å²) in [6, 6.07) is 6.93. The Morgan fingerprint density at radius 2 is 1.81 bits per heavy atom. The number of nitrogens with zero attached hydrogens (tertiary/aromatic N) is 3. The fourth-order valence-corrected chi connectivity index (χ4v) is 3.53. The maximum Gasteiger partial charge on any atom is 0.416 e. The van der Waals surface area contributed by atoms with Crippen LogP contribution in [-0.4, -0.2) is 27.1 Å². The second kappa shape index (κ2) is 6.45. The van der Waals surface area contributed by atoms with E-state index in [9.17, 15) is 18.0 Å². The van der Waals surface area contributed by atoms with Gasteiger partial charge in [0.2, 0.25) is 5.91 Å². The lowest BCUT2D eigenvalue weighted by Gasteiger charge is -2.30. The SMILES string of the molecule is O=C(C1CCC1)N1CCCn2nc(-c3ccc(C(F)(F)F)cc3)cc2C1. The van der Waals surface area contributed by atoms with Gasteiger partial charge in [-0.2, -0.15) is 18.3 Å². The van der Waals surface area contributed by atoms with Crippen molar-refractivity contribution in [3.05, 3.63) is 41.6 Å². The fraction of sp³-hybridized carbons (Fsp3) is 0.474. The van der Waals surface area contributed by atoms with E-state index in [0.717, 1.165) is 50.1 Å². The molecule has 2 aromatic rings. The quantitative estimate of drug-likeness (QED) is 0.806. The van der Waals surface area contributed by atoms with E-state index in [1.165, 1.54) is 12.1 Å². The molecule has 1 aromatic carbocycles. The second-order valence-corrected chi connectivity index (χ2v) is 7.06. The van der Waals surface area contributed by atoms with Gasteiger partial charge in [-0.1, -0.05) is 18.6 Å². The first-order valence-electron chi connectivity index (χ1n) is 8.95. The smallest absolute Gasteiger partial charge is 0.337 e. The highest BCUT2D eigenvalue weighted by molar-refractivity contribution is 5.79. The van der Waals surface area contributed by atoms with E-state index in [1.54, 1.807) is 0 Å². The van der Waals surface area contributed by atoms with Crippen molar-refractivity contribution < 1.29 is 18.0 Å². The number of hydrogen-bond acceptors (Lipinski definition) is 2. The molecule has 1 saturated carbocycles. The number of carbonyl (C=O) groups is 1. The predicted molar refractivity (Wildman–Crippen MR) is 90.0 cm³/mol. The Morgan fingerprint density at radius 1 is 1.08 bits per heavy atom. The lowest BCUT2D eigenvalue weighted by Crippen LogP contribution is -2.38. The number of carbonyl (C=O) groups excluding carboxylic acids is 1. The highest BCUT2D eigenvalue weighted by atomic mass is 19.4. The van der Waals surface area contributed by atoms with Gasteiger partial charge in [0.15, 0.2) is 0 Å². The molecule has 1 amide bonds. The van der Waals surface area contributed by atoms with E-state index >= 15 is 0 Å². The van der Waals surface area contributed by atoms with Crippen LogP contribution >= 0.6 is 0 Å². The molecule has 1 aromatic heterocycles. The molecule has 0 N–H and O–H groups in total. The molecule has 4 rings (SSSR count).